The lowest BCUT2D eigenvalue weighted by Crippen LogP contribution is -2.42. The molecule has 0 fully saturated rings. The van der Waals surface area contributed by atoms with Crippen molar-refractivity contribution >= 4 is 46.7 Å². The minimum absolute atomic E-state index is 0.0823. The number of halogens is 2. The first-order valence-electron chi connectivity index (χ1n) is 11.7. The summed E-state index contributed by atoms with van der Waals surface area (Å²) < 4.78 is 0. The summed E-state index contributed by atoms with van der Waals surface area (Å²) in [5, 5.41) is 23.1. The molecule has 7 nitrogen and oxygen atoms in total. The number of nitrogens with one attached hydrogen (secondary N) is 2. The fraction of sp³-hybridized carbons (Fsp3) is 0.250. The molecule has 3 aromatic carbocycles. The maximum Gasteiger partial charge on any atom is 0.326 e. The van der Waals surface area contributed by atoms with Crippen molar-refractivity contribution in [3.63, 3.8) is 0 Å². The maximum absolute atomic E-state index is 12.9. The highest BCUT2D eigenvalue weighted by Gasteiger charge is 2.23. The Bertz CT molecular complexity index is 1230. The van der Waals surface area contributed by atoms with Crippen LogP contribution in [0.15, 0.2) is 60.7 Å². The van der Waals surface area contributed by atoms with E-state index in [1.54, 1.807) is 49.4 Å². The molecule has 9 heteroatoms. The van der Waals surface area contributed by atoms with Crippen molar-refractivity contribution in [3.05, 3.63) is 98.5 Å². The van der Waals surface area contributed by atoms with Crippen LogP contribution in [0.3, 0.4) is 0 Å². The number of hydrogen-bond donors (Lipinski definition) is 4. The van der Waals surface area contributed by atoms with E-state index in [1.807, 2.05) is 32.0 Å². The zero-order valence-corrected chi connectivity index (χ0v) is 22.4. The summed E-state index contributed by atoms with van der Waals surface area (Å²) in [5.74, 6) is -2.00. The van der Waals surface area contributed by atoms with Gasteiger partial charge < -0.3 is 20.8 Å². The zero-order valence-electron chi connectivity index (χ0n) is 20.8. The second-order valence-corrected chi connectivity index (χ2v) is 8.91. The highest BCUT2D eigenvalue weighted by atomic mass is 35.5. The van der Waals surface area contributed by atoms with Crippen LogP contribution in [0.1, 0.15) is 51.3 Å². The van der Waals surface area contributed by atoms with Gasteiger partial charge in [-0.05, 0) is 61.2 Å². The summed E-state index contributed by atoms with van der Waals surface area (Å²) in [6.45, 7) is 5.70. The molecule has 3 rings (SSSR count). The van der Waals surface area contributed by atoms with E-state index in [-0.39, 0.29) is 28.6 Å². The number of hydrogen-bond acceptors (Lipinski definition) is 4. The third kappa shape index (κ3) is 8.32. The first kappa shape index (κ1) is 29.8. The van der Waals surface area contributed by atoms with Crippen LogP contribution in [0.5, 0.6) is 0 Å². The Balaban J connectivity index is 0.00000153. The molecular weight excluding hydrogens is 515 g/mol. The molecule has 0 aliphatic carbocycles. The van der Waals surface area contributed by atoms with Gasteiger partial charge in [-0.3, -0.25) is 9.59 Å². The van der Waals surface area contributed by atoms with E-state index in [9.17, 15) is 19.5 Å². The molecule has 0 heterocycles. The standard InChI is InChI=1S/C26H24Cl2N2O4.C2H6O/c1-3-17-7-4-6-15(2)22(17)24(31)30-21(26(33)34)14-16-10-12-18(13-11-16)29-25(32)23-19(27)8-5-9-20(23)28;1-2-3/h4-13,21H,3,14H2,1-2H3,(H,29,32)(H,30,31)(H,33,34);3H,2H2,1H3/t21-;/m0./s1. The Hall–Kier alpha value is -3.39. The van der Waals surface area contributed by atoms with E-state index < -0.39 is 23.8 Å². The van der Waals surface area contributed by atoms with Gasteiger partial charge in [0.15, 0.2) is 0 Å². The average Bonchev–Trinajstić information content (AvgIpc) is 2.84. The largest absolute Gasteiger partial charge is 0.480 e. The number of aryl methyl sites for hydroxylation is 2. The number of aliphatic carboxylic acids is 1. The SMILES string of the molecule is CCO.CCc1cccc(C)c1C(=O)N[C@@H](Cc1ccc(NC(=O)c2c(Cl)cccc2Cl)cc1)C(=O)O. The van der Waals surface area contributed by atoms with Crippen LogP contribution in [-0.4, -0.2) is 40.6 Å². The van der Waals surface area contributed by atoms with E-state index in [1.165, 1.54) is 0 Å². The monoisotopic (exact) mass is 544 g/mol. The summed E-state index contributed by atoms with van der Waals surface area (Å²) in [4.78, 5) is 37.3. The van der Waals surface area contributed by atoms with E-state index >= 15 is 0 Å². The lowest BCUT2D eigenvalue weighted by molar-refractivity contribution is -0.139. The number of aliphatic hydroxyl groups is 1. The van der Waals surface area contributed by atoms with Crippen LogP contribution in [0, 0.1) is 6.92 Å². The molecule has 4 N–H and O–H groups in total. The first-order valence-corrected chi connectivity index (χ1v) is 12.5. The van der Waals surface area contributed by atoms with Crippen LogP contribution >= 0.6 is 23.2 Å². The van der Waals surface area contributed by atoms with Gasteiger partial charge in [0.25, 0.3) is 11.8 Å². The van der Waals surface area contributed by atoms with Gasteiger partial charge in [-0.25, -0.2) is 4.79 Å². The molecule has 0 aliphatic heterocycles. The van der Waals surface area contributed by atoms with Crippen molar-refractivity contribution in [2.24, 2.45) is 0 Å². The van der Waals surface area contributed by atoms with Gasteiger partial charge in [0.05, 0.1) is 15.6 Å². The van der Waals surface area contributed by atoms with E-state index in [0.29, 0.717) is 23.2 Å². The molecule has 1 atom stereocenters. The predicted octanol–water partition coefficient (Wildman–Crippen LogP) is 5.54. The molecule has 0 unspecified atom stereocenters. The normalized spacial score (nSPS) is 11.1. The second-order valence-electron chi connectivity index (χ2n) is 8.09. The number of amides is 2. The number of carboxylic acids is 1. The molecule has 196 valence electrons. The number of carbonyl (C=O) groups excluding carboxylic acids is 2. The molecule has 0 saturated heterocycles. The van der Waals surface area contributed by atoms with Crippen molar-refractivity contribution in [2.75, 3.05) is 11.9 Å². The highest BCUT2D eigenvalue weighted by molar-refractivity contribution is 6.40. The Morgan fingerprint density at radius 2 is 1.43 bits per heavy atom. The van der Waals surface area contributed by atoms with Gasteiger partial charge in [-0.1, -0.05) is 66.5 Å². The Labute approximate surface area is 226 Å². The summed E-state index contributed by atoms with van der Waals surface area (Å²) in [6.07, 6.45) is 0.744. The fourth-order valence-electron chi connectivity index (χ4n) is 3.65. The molecule has 0 radical (unpaired) electrons. The second kappa shape index (κ2) is 14.4. The maximum atomic E-state index is 12.9. The Morgan fingerprint density at radius 1 is 0.865 bits per heavy atom. The van der Waals surface area contributed by atoms with Crippen molar-refractivity contribution < 1.29 is 24.6 Å². The highest BCUT2D eigenvalue weighted by Crippen LogP contribution is 2.25. The number of anilines is 1. The predicted molar refractivity (Wildman–Crippen MR) is 147 cm³/mol. The first-order chi connectivity index (χ1) is 17.6. The molecule has 0 aromatic heterocycles. The summed E-state index contributed by atoms with van der Waals surface area (Å²) in [7, 11) is 0. The van der Waals surface area contributed by atoms with Gasteiger partial charge in [-0.2, -0.15) is 0 Å². The van der Waals surface area contributed by atoms with Gasteiger partial charge in [0.1, 0.15) is 6.04 Å². The minimum Gasteiger partial charge on any atom is -0.480 e. The third-order valence-corrected chi connectivity index (χ3v) is 6.04. The molecule has 0 aliphatic rings. The molecule has 37 heavy (non-hydrogen) atoms. The van der Waals surface area contributed by atoms with Crippen LogP contribution in [0.25, 0.3) is 0 Å². The number of carbonyl (C=O) groups is 3. The summed E-state index contributed by atoms with van der Waals surface area (Å²) in [5.41, 5.74) is 3.51. The number of aliphatic hydroxyl groups excluding tert-OH is 1. The summed E-state index contributed by atoms with van der Waals surface area (Å²) >= 11 is 12.2. The quantitative estimate of drug-likeness (QED) is 0.297. The molecule has 2 amide bonds. The summed E-state index contributed by atoms with van der Waals surface area (Å²) in [6, 6.07) is 15.9. The molecule has 0 spiro atoms. The number of benzene rings is 3. The van der Waals surface area contributed by atoms with E-state index in [2.05, 4.69) is 10.6 Å². The van der Waals surface area contributed by atoms with E-state index in [0.717, 1.165) is 11.1 Å². The smallest absolute Gasteiger partial charge is 0.326 e. The minimum atomic E-state index is -1.13. The number of rotatable bonds is 8. The lowest BCUT2D eigenvalue weighted by Gasteiger charge is -2.17. The molecule has 0 saturated carbocycles. The van der Waals surface area contributed by atoms with Gasteiger partial charge in [-0.15, -0.1) is 0 Å². The van der Waals surface area contributed by atoms with Crippen LogP contribution in [-0.2, 0) is 17.6 Å². The zero-order chi connectivity index (χ0) is 27.5. The third-order valence-electron chi connectivity index (χ3n) is 5.41. The van der Waals surface area contributed by atoms with Crippen molar-refractivity contribution in [1.29, 1.82) is 0 Å². The van der Waals surface area contributed by atoms with Gasteiger partial charge >= 0.3 is 5.97 Å². The molecule has 3 aromatic rings. The van der Waals surface area contributed by atoms with Crippen LogP contribution < -0.4 is 10.6 Å². The number of carboxylic acid groups (broad SMARTS) is 1. The topological polar surface area (TPSA) is 116 Å². The van der Waals surface area contributed by atoms with E-state index in [4.69, 9.17) is 28.3 Å². The van der Waals surface area contributed by atoms with Crippen LogP contribution in [0.4, 0.5) is 5.69 Å². The van der Waals surface area contributed by atoms with Gasteiger partial charge in [0, 0.05) is 24.3 Å². The lowest BCUT2D eigenvalue weighted by atomic mass is 9.98. The Morgan fingerprint density at radius 3 is 1.97 bits per heavy atom. The van der Waals surface area contributed by atoms with Gasteiger partial charge in [0.2, 0.25) is 0 Å². The van der Waals surface area contributed by atoms with Crippen molar-refractivity contribution in [1.82, 2.24) is 5.32 Å². The van der Waals surface area contributed by atoms with Crippen LogP contribution in [0.2, 0.25) is 10.0 Å². The Kier molecular flexibility index (Phi) is 11.6. The fourth-order valence-corrected chi connectivity index (χ4v) is 4.22. The molecular formula is C28H30Cl2N2O5. The average molecular weight is 545 g/mol. The van der Waals surface area contributed by atoms with Crippen molar-refractivity contribution in [2.45, 2.75) is 39.7 Å². The molecule has 0 bridgehead atoms. The van der Waals surface area contributed by atoms with Crippen molar-refractivity contribution in [3.8, 4) is 0 Å².